The summed E-state index contributed by atoms with van der Waals surface area (Å²) in [5.41, 5.74) is 2.27. The normalized spacial score (nSPS) is 10.8. The molecule has 4 rings (SSSR count). The first-order valence-corrected chi connectivity index (χ1v) is 10.8. The Hall–Kier alpha value is -2.90. The molecule has 5 nitrogen and oxygen atoms in total. The summed E-state index contributed by atoms with van der Waals surface area (Å²) in [7, 11) is 3.23. The van der Waals surface area contributed by atoms with Crippen LogP contribution in [0, 0.1) is 0 Å². The van der Waals surface area contributed by atoms with E-state index in [1.165, 1.54) is 11.3 Å². The number of amides is 1. The number of hydrogen-bond acceptors (Lipinski definition) is 5. The van der Waals surface area contributed by atoms with Gasteiger partial charge in [0.1, 0.15) is 21.7 Å². The lowest BCUT2D eigenvalue weighted by Gasteiger charge is -2.20. The summed E-state index contributed by atoms with van der Waals surface area (Å²) in [5.74, 6) is 1.21. The molecule has 0 aliphatic heterocycles. The summed E-state index contributed by atoms with van der Waals surface area (Å²) in [6.45, 7) is 0.399. The minimum absolute atomic E-state index is 0.128. The third-order valence-corrected chi connectivity index (χ3v) is 6.22. The molecule has 0 saturated heterocycles. The largest absolute Gasteiger partial charge is 0.495 e. The highest BCUT2D eigenvalue weighted by Gasteiger charge is 2.24. The molecule has 4 aromatic rings. The summed E-state index contributed by atoms with van der Waals surface area (Å²) < 4.78 is 12.7. The molecule has 0 saturated carbocycles. The van der Waals surface area contributed by atoms with E-state index < -0.39 is 0 Å². The van der Waals surface area contributed by atoms with E-state index in [1.54, 1.807) is 25.2 Å². The number of ether oxygens (including phenoxy) is 2. The van der Waals surface area contributed by atoms with Gasteiger partial charge in [0.05, 0.1) is 20.8 Å². The van der Waals surface area contributed by atoms with Crippen LogP contribution in [0.4, 0.5) is 5.13 Å². The van der Waals surface area contributed by atoms with Gasteiger partial charge in [-0.15, -0.1) is 0 Å². The molecule has 0 aliphatic rings. The fourth-order valence-corrected chi connectivity index (χ4v) is 4.63. The highest BCUT2D eigenvalue weighted by molar-refractivity contribution is 9.10. The van der Waals surface area contributed by atoms with Gasteiger partial charge in [-0.3, -0.25) is 9.69 Å². The number of fused-ring (bicyclic) bond motifs is 1. The van der Waals surface area contributed by atoms with E-state index in [4.69, 9.17) is 14.5 Å². The monoisotopic (exact) mass is 482 g/mol. The minimum Gasteiger partial charge on any atom is -0.495 e. The second-order valence-electron chi connectivity index (χ2n) is 6.53. The zero-order valence-electron chi connectivity index (χ0n) is 16.5. The Kier molecular flexibility index (Phi) is 6.01. The number of methoxy groups -OCH3 is 2. The SMILES string of the molecule is COc1ccc(OC)c2sc(N(Cc3ccccc3)C(=O)c3cccc(Br)c3)nc12. The first kappa shape index (κ1) is 20.4. The Labute approximate surface area is 187 Å². The van der Waals surface area contributed by atoms with Gasteiger partial charge in [0.15, 0.2) is 5.13 Å². The third-order valence-electron chi connectivity index (χ3n) is 4.63. The van der Waals surface area contributed by atoms with E-state index >= 15 is 0 Å². The molecule has 7 heteroatoms. The maximum absolute atomic E-state index is 13.5. The quantitative estimate of drug-likeness (QED) is 0.342. The van der Waals surface area contributed by atoms with Gasteiger partial charge in [0.25, 0.3) is 5.91 Å². The zero-order chi connectivity index (χ0) is 21.1. The van der Waals surface area contributed by atoms with Gasteiger partial charge in [-0.2, -0.15) is 0 Å². The van der Waals surface area contributed by atoms with Crippen molar-refractivity contribution in [1.82, 2.24) is 4.98 Å². The molecular weight excluding hydrogens is 464 g/mol. The van der Waals surface area contributed by atoms with E-state index in [0.717, 1.165) is 14.7 Å². The van der Waals surface area contributed by atoms with Crippen molar-refractivity contribution in [3.63, 3.8) is 0 Å². The number of carbonyl (C=O) groups excluding carboxylic acids is 1. The summed E-state index contributed by atoms with van der Waals surface area (Å²) in [5, 5.41) is 0.585. The molecule has 30 heavy (non-hydrogen) atoms. The molecule has 3 aromatic carbocycles. The molecule has 1 aromatic heterocycles. The van der Waals surface area contributed by atoms with Gasteiger partial charge in [0, 0.05) is 10.0 Å². The summed E-state index contributed by atoms with van der Waals surface area (Å²) in [4.78, 5) is 20.0. The molecule has 0 bridgehead atoms. The first-order valence-electron chi connectivity index (χ1n) is 9.23. The maximum Gasteiger partial charge on any atom is 0.260 e. The van der Waals surface area contributed by atoms with E-state index in [0.29, 0.717) is 34.3 Å². The fraction of sp³-hybridized carbons (Fsp3) is 0.130. The van der Waals surface area contributed by atoms with Crippen molar-refractivity contribution >= 4 is 48.5 Å². The van der Waals surface area contributed by atoms with E-state index in [1.807, 2.05) is 60.7 Å². The highest BCUT2D eigenvalue weighted by Crippen LogP contribution is 2.40. The molecule has 1 heterocycles. The molecule has 0 unspecified atom stereocenters. The average molecular weight is 483 g/mol. The van der Waals surface area contributed by atoms with E-state index in [-0.39, 0.29) is 5.91 Å². The van der Waals surface area contributed by atoms with E-state index in [2.05, 4.69) is 15.9 Å². The highest BCUT2D eigenvalue weighted by atomic mass is 79.9. The van der Waals surface area contributed by atoms with Gasteiger partial charge in [-0.1, -0.05) is 63.7 Å². The fourth-order valence-electron chi connectivity index (χ4n) is 3.16. The van der Waals surface area contributed by atoms with Crippen LogP contribution >= 0.6 is 27.3 Å². The van der Waals surface area contributed by atoms with Crippen LogP contribution in [-0.4, -0.2) is 25.1 Å². The maximum atomic E-state index is 13.5. The minimum atomic E-state index is -0.128. The number of nitrogens with zero attached hydrogens (tertiary/aromatic N) is 2. The standard InChI is InChI=1S/C23H19BrN2O3S/c1-28-18-11-12-19(29-2)21-20(18)25-23(30-21)26(14-15-7-4-3-5-8-15)22(27)16-9-6-10-17(24)13-16/h3-13H,14H2,1-2H3. The molecule has 0 fully saturated rings. The number of benzene rings is 3. The second-order valence-corrected chi connectivity index (χ2v) is 8.42. The number of aromatic nitrogens is 1. The molecule has 0 atom stereocenters. The third kappa shape index (κ3) is 4.04. The number of hydrogen-bond donors (Lipinski definition) is 0. The number of rotatable bonds is 6. The Morgan fingerprint density at radius 1 is 1.00 bits per heavy atom. The number of carbonyl (C=O) groups is 1. The number of halogens is 1. The average Bonchev–Trinajstić information content (AvgIpc) is 3.22. The lowest BCUT2D eigenvalue weighted by Crippen LogP contribution is -2.30. The molecule has 0 N–H and O–H groups in total. The number of thiazole rings is 1. The van der Waals surface area contributed by atoms with Crippen LogP contribution in [-0.2, 0) is 6.54 Å². The van der Waals surface area contributed by atoms with Crippen LogP contribution < -0.4 is 14.4 Å². The van der Waals surface area contributed by atoms with Gasteiger partial charge < -0.3 is 9.47 Å². The lowest BCUT2D eigenvalue weighted by atomic mass is 10.1. The molecular formula is C23H19BrN2O3S. The smallest absolute Gasteiger partial charge is 0.260 e. The van der Waals surface area contributed by atoms with Crippen LogP contribution in [0.15, 0.2) is 71.2 Å². The summed E-state index contributed by atoms with van der Waals surface area (Å²) in [6, 6.07) is 20.9. The van der Waals surface area contributed by atoms with Crippen molar-refractivity contribution in [1.29, 1.82) is 0 Å². The molecule has 0 aliphatic carbocycles. The van der Waals surface area contributed by atoms with Crippen molar-refractivity contribution in [2.45, 2.75) is 6.54 Å². The molecule has 152 valence electrons. The molecule has 1 amide bonds. The van der Waals surface area contributed by atoms with Crippen molar-refractivity contribution in [3.8, 4) is 11.5 Å². The van der Waals surface area contributed by atoms with Crippen LogP contribution in [0.25, 0.3) is 10.2 Å². The van der Waals surface area contributed by atoms with Gasteiger partial charge in [-0.05, 0) is 35.9 Å². The van der Waals surface area contributed by atoms with Crippen LogP contribution in [0.5, 0.6) is 11.5 Å². The predicted octanol–water partition coefficient (Wildman–Crippen LogP) is 5.92. The van der Waals surface area contributed by atoms with Crippen molar-refractivity contribution < 1.29 is 14.3 Å². The predicted molar refractivity (Wildman–Crippen MR) is 124 cm³/mol. The van der Waals surface area contributed by atoms with Gasteiger partial charge in [0.2, 0.25) is 0 Å². The van der Waals surface area contributed by atoms with Crippen LogP contribution in [0.3, 0.4) is 0 Å². The van der Waals surface area contributed by atoms with Crippen LogP contribution in [0.2, 0.25) is 0 Å². The Balaban J connectivity index is 1.84. The summed E-state index contributed by atoms with van der Waals surface area (Å²) in [6.07, 6.45) is 0. The zero-order valence-corrected chi connectivity index (χ0v) is 18.9. The van der Waals surface area contributed by atoms with Crippen molar-refractivity contribution in [2.75, 3.05) is 19.1 Å². The van der Waals surface area contributed by atoms with Crippen molar-refractivity contribution in [2.24, 2.45) is 0 Å². The van der Waals surface area contributed by atoms with Crippen LogP contribution in [0.1, 0.15) is 15.9 Å². The van der Waals surface area contributed by atoms with E-state index in [9.17, 15) is 4.79 Å². The van der Waals surface area contributed by atoms with Gasteiger partial charge >= 0.3 is 0 Å². The Morgan fingerprint density at radius 2 is 1.73 bits per heavy atom. The molecule has 0 spiro atoms. The topological polar surface area (TPSA) is 51.7 Å². The number of anilines is 1. The second kappa shape index (κ2) is 8.85. The van der Waals surface area contributed by atoms with Crippen molar-refractivity contribution in [3.05, 3.63) is 82.3 Å². The lowest BCUT2D eigenvalue weighted by molar-refractivity contribution is 0.0985. The summed E-state index contributed by atoms with van der Waals surface area (Å²) >= 11 is 4.86. The first-order chi connectivity index (χ1) is 14.6. The molecule has 0 radical (unpaired) electrons. The Morgan fingerprint density at radius 3 is 2.43 bits per heavy atom. The van der Waals surface area contributed by atoms with Gasteiger partial charge in [-0.25, -0.2) is 4.98 Å². The Bertz CT molecular complexity index is 1150.